The molecule has 0 aliphatic carbocycles. The standard InChI is InChI=1S/C19H28N2O5/c1-5-19(18(23)24)12-15(17(22)20-10-11-25-3)16(21(19)2)13-6-8-14(26-4)9-7-13/h6-9,15-16H,5,10-12H2,1-4H3,(H,20,22)(H,23,24)/t15-,16-,19-/m0/s1. The Kier molecular flexibility index (Phi) is 6.61. The van der Waals surface area contributed by atoms with Crippen molar-refractivity contribution in [1.82, 2.24) is 10.2 Å². The number of nitrogens with zero attached hydrogens (tertiary/aromatic N) is 1. The van der Waals surface area contributed by atoms with Crippen molar-refractivity contribution >= 4 is 11.9 Å². The van der Waals surface area contributed by atoms with Crippen LogP contribution in [0.2, 0.25) is 0 Å². The molecule has 0 spiro atoms. The maximum atomic E-state index is 12.8. The summed E-state index contributed by atoms with van der Waals surface area (Å²) in [6, 6.07) is 7.12. The van der Waals surface area contributed by atoms with Crippen LogP contribution in [-0.2, 0) is 14.3 Å². The number of benzene rings is 1. The summed E-state index contributed by atoms with van der Waals surface area (Å²) < 4.78 is 10.2. The predicted molar refractivity (Wildman–Crippen MR) is 97.1 cm³/mol. The second-order valence-corrected chi connectivity index (χ2v) is 6.61. The molecule has 2 rings (SSSR count). The third-order valence-electron chi connectivity index (χ3n) is 5.41. The van der Waals surface area contributed by atoms with E-state index in [2.05, 4.69) is 5.32 Å². The maximum absolute atomic E-state index is 12.8. The minimum absolute atomic E-state index is 0.147. The van der Waals surface area contributed by atoms with E-state index in [0.29, 0.717) is 19.6 Å². The minimum atomic E-state index is -1.06. The van der Waals surface area contributed by atoms with Crippen molar-refractivity contribution in [3.8, 4) is 5.75 Å². The van der Waals surface area contributed by atoms with Gasteiger partial charge in [-0.25, -0.2) is 0 Å². The number of likely N-dealkylation sites (N-methyl/N-ethyl adjacent to an activating group) is 1. The van der Waals surface area contributed by atoms with Gasteiger partial charge in [-0.15, -0.1) is 0 Å². The fraction of sp³-hybridized carbons (Fsp3) is 0.579. The molecule has 1 aliphatic heterocycles. The molecular formula is C19H28N2O5. The van der Waals surface area contributed by atoms with Crippen LogP contribution < -0.4 is 10.1 Å². The number of hydrogen-bond acceptors (Lipinski definition) is 5. The number of likely N-dealkylation sites (tertiary alicyclic amines) is 1. The molecule has 0 saturated carbocycles. The van der Waals surface area contributed by atoms with Crippen molar-refractivity contribution in [2.24, 2.45) is 5.92 Å². The Morgan fingerprint density at radius 2 is 1.96 bits per heavy atom. The molecule has 0 bridgehead atoms. The summed E-state index contributed by atoms with van der Waals surface area (Å²) in [6.45, 7) is 2.66. The number of ether oxygens (including phenoxy) is 2. The summed E-state index contributed by atoms with van der Waals surface area (Å²) in [7, 11) is 4.95. The lowest BCUT2D eigenvalue weighted by Crippen LogP contribution is -2.48. The van der Waals surface area contributed by atoms with Crippen LogP contribution in [0.1, 0.15) is 31.4 Å². The van der Waals surface area contributed by atoms with Crippen LogP contribution in [0.4, 0.5) is 0 Å². The first-order valence-electron chi connectivity index (χ1n) is 8.78. The lowest BCUT2D eigenvalue weighted by Gasteiger charge is -2.34. The van der Waals surface area contributed by atoms with Gasteiger partial charge >= 0.3 is 5.97 Å². The van der Waals surface area contributed by atoms with E-state index in [1.807, 2.05) is 36.1 Å². The third kappa shape index (κ3) is 3.68. The van der Waals surface area contributed by atoms with Crippen molar-refractivity contribution in [1.29, 1.82) is 0 Å². The molecule has 1 fully saturated rings. The second kappa shape index (κ2) is 8.51. The normalized spacial score (nSPS) is 25.8. The van der Waals surface area contributed by atoms with E-state index < -0.39 is 17.4 Å². The molecule has 0 aromatic heterocycles. The zero-order valence-electron chi connectivity index (χ0n) is 15.8. The Morgan fingerprint density at radius 3 is 2.46 bits per heavy atom. The van der Waals surface area contributed by atoms with Crippen molar-refractivity contribution in [2.45, 2.75) is 31.3 Å². The van der Waals surface area contributed by atoms with Gasteiger partial charge in [0.2, 0.25) is 5.91 Å². The van der Waals surface area contributed by atoms with Crippen molar-refractivity contribution in [3.63, 3.8) is 0 Å². The van der Waals surface area contributed by atoms with Gasteiger partial charge in [-0.2, -0.15) is 0 Å². The number of rotatable bonds is 8. The van der Waals surface area contributed by atoms with Crippen LogP contribution in [0.15, 0.2) is 24.3 Å². The van der Waals surface area contributed by atoms with E-state index in [0.717, 1.165) is 11.3 Å². The Morgan fingerprint density at radius 1 is 1.31 bits per heavy atom. The first-order chi connectivity index (χ1) is 12.4. The van der Waals surface area contributed by atoms with E-state index in [9.17, 15) is 14.7 Å². The molecule has 1 amide bonds. The highest BCUT2D eigenvalue weighted by Crippen LogP contribution is 2.47. The van der Waals surface area contributed by atoms with Gasteiger partial charge in [0.25, 0.3) is 0 Å². The number of methoxy groups -OCH3 is 2. The van der Waals surface area contributed by atoms with E-state index >= 15 is 0 Å². The molecule has 7 heteroatoms. The van der Waals surface area contributed by atoms with Crippen LogP contribution in [0.5, 0.6) is 5.75 Å². The molecule has 1 aliphatic rings. The number of carboxylic acids is 1. The number of aliphatic carboxylic acids is 1. The summed E-state index contributed by atoms with van der Waals surface area (Å²) >= 11 is 0. The van der Waals surface area contributed by atoms with Gasteiger partial charge in [0.1, 0.15) is 11.3 Å². The first kappa shape index (κ1) is 20.2. The molecule has 144 valence electrons. The molecule has 7 nitrogen and oxygen atoms in total. The SMILES string of the molecule is CC[C@@]1(C(=O)O)C[C@H](C(=O)NCCOC)[C@H](c2ccc(OC)cc2)N1C. The topological polar surface area (TPSA) is 88.1 Å². The van der Waals surface area contributed by atoms with Crippen molar-refractivity contribution in [3.05, 3.63) is 29.8 Å². The average molecular weight is 364 g/mol. The van der Waals surface area contributed by atoms with Crippen LogP contribution in [0.25, 0.3) is 0 Å². The van der Waals surface area contributed by atoms with Gasteiger partial charge in [-0.1, -0.05) is 19.1 Å². The van der Waals surface area contributed by atoms with Gasteiger partial charge in [0, 0.05) is 19.7 Å². The summed E-state index contributed by atoms with van der Waals surface area (Å²) in [5.41, 5.74) is -0.162. The molecule has 2 N–H and O–H groups in total. The highest BCUT2D eigenvalue weighted by molar-refractivity contribution is 5.85. The molecule has 0 radical (unpaired) electrons. The average Bonchev–Trinajstić information content (AvgIpc) is 2.95. The lowest BCUT2D eigenvalue weighted by molar-refractivity contribution is -0.150. The number of carbonyl (C=O) groups is 2. The summed E-state index contributed by atoms with van der Waals surface area (Å²) in [6.07, 6.45) is 0.693. The first-order valence-corrected chi connectivity index (χ1v) is 8.78. The zero-order chi connectivity index (χ0) is 19.3. The van der Waals surface area contributed by atoms with Crippen molar-refractivity contribution < 1.29 is 24.2 Å². The number of carboxylic acid groups (broad SMARTS) is 1. The fourth-order valence-corrected chi connectivity index (χ4v) is 3.84. The molecule has 26 heavy (non-hydrogen) atoms. The number of carbonyl (C=O) groups excluding carboxylic acids is 1. The number of nitrogens with one attached hydrogen (secondary N) is 1. The Labute approximate surface area is 154 Å². The maximum Gasteiger partial charge on any atom is 0.324 e. The quantitative estimate of drug-likeness (QED) is 0.683. The number of amides is 1. The summed E-state index contributed by atoms with van der Waals surface area (Å²) in [4.78, 5) is 26.7. The fourth-order valence-electron chi connectivity index (χ4n) is 3.84. The molecule has 1 heterocycles. The van der Waals surface area contributed by atoms with Gasteiger partial charge < -0.3 is 19.9 Å². The lowest BCUT2D eigenvalue weighted by atomic mass is 9.87. The zero-order valence-corrected chi connectivity index (χ0v) is 15.8. The van der Waals surface area contributed by atoms with Gasteiger partial charge in [-0.05, 0) is 37.6 Å². The van der Waals surface area contributed by atoms with E-state index in [4.69, 9.17) is 9.47 Å². The molecular weight excluding hydrogens is 336 g/mol. The predicted octanol–water partition coefficient (Wildman–Crippen LogP) is 1.68. The van der Waals surface area contributed by atoms with Gasteiger partial charge in [0.15, 0.2) is 0 Å². The third-order valence-corrected chi connectivity index (χ3v) is 5.41. The molecule has 1 aromatic rings. The van der Waals surface area contributed by atoms with E-state index in [1.165, 1.54) is 0 Å². The monoisotopic (exact) mass is 364 g/mol. The Bertz CT molecular complexity index is 633. The minimum Gasteiger partial charge on any atom is -0.497 e. The Balaban J connectivity index is 2.37. The van der Waals surface area contributed by atoms with Crippen molar-refractivity contribution in [2.75, 3.05) is 34.4 Å². The van der Waals surface area contributed by atoms with Crippen LogP contribution >= 0.6 is 0 Å². The van der Waals surface area contributed by atoms with Gasteiger partial charge in [-0.3, -0.25) is 14.5 Å². The molecule has 1 saturated heterocycles. The van der Waals surface area contributed by atoms with Gasteiger partial charge in [0.05, 0.1) is 19.6 Å². The van der Waals surface area contributed by atoms with E-state index in [1.54, 1.807) is 21.3 Å². The largest absolute Gasteiger partial charge is 0.497 e. The highest BCUT2D eigenvalue weighted by atomic mass is 16.5. The summed E-state index contributed by atoms with van der Waals surface area (Å²) in [5.74, 6) is -0.781. The van der Waals surface area contributed by atoms with Crippen LogP contribution in [0, 0.1) is 5.92 Å². The second-order valence-electron chi connectivity index (χ2n) is 6.61. The molecule has 3 atom stereocenters. The molecule has 1 aromatic carbocycles. The highest BCUT2D eigenvalue weighted by Gasteiger charge is 2.56. The van der Waals surface area contributed by atoms with E-state index in [-0.39, 0.29) is 18.4 Å². The number of hydrogen-bond donors (Lipinski definition) is 2. The van der Waals surface area contributed by atoms with Crippen LogP contribution in [0.3, 0.4) is 0 Å². The summed E-state index contributed by atoms with van der Waals surface area (Å²) in [5, 5.41) is 12.7. The molecule has 0 unspecified atom stereocenters. The Hall–Kier alpha value is -2.12. The van der Waals surface area contributed by atoms with Crippen LogP contribution in [-0.4, -0.2) is 61.8 Å². The smallest absolute Gasteiger partial charge is 0.324 e.